The van der Waals surface area contributed by atoms with E-state index in [1.54, 1.807) is 30.5 Å². The quantitative estimate of drug-likeness (QED) is 0.371. The van der Waals surface area contributed by atoms with Crippen LogP contribution in [-0.4, -0.2) is 25.7 Å². The van der Waals surface area contributed by atoms with Crippen LogP contribution in [0.4, 0.5) is 17.1 Å². The summed E-state index contributed by atoms with van der Waals surface area (Å²) in [5.74, 6) is -0.696. The average molecular weight is 421 g/mol. The van der Waals surface area contributed by atoms with Crippen molar-refractivity contribution in [2.75, 3.05) is 5.32 Å². The van der Waals surface area contributed by atoms with Gasteiger partial charge in [0.25, 0.3) is 17.3 Å². The second-order valence-corrected chi connectivity index (χ2v) is 7.11. The Morgan fingerprint density at radius 1 is 0.967 bits per heavy atom. The van der Waals surface area contributed by atoms with Gasteiger partial charge in [-0.3, -0.25) is 25.0 Å². The molecule has 4 aromatic rings. The van der Waals surface area contributed by atoms with Gasteiger partial charge in [-0.1, -0.05) is 11.3 Å². The van der Waals surface area contributed by atoms with Crippen LogP contribution in [-0.2, 0) is 0 Å². The molecule has 0 aliphatic carbocycles. The molecular formula is C19H11N5O5S. The van der Waals surface area contributed by atoms with Gasteiger partial charge in [-0.15, -0.1) is 0 Å². The Labute approximate surface area is 172 Å². The van der Waals surface area contributed by atoms with E-state index in [0.29, 0.717) is 5.69 Å². The first-order valence-electron chi connectivity index (χ1n) is 8.48. The van der Waals surface area contributed by atoms with E-state index in [2.05, 4.69) is 15.3 Å². The zero-order chi connectivity index (χ0) is 21.3. The number of carbonyl (C=O) groups excluding carboxylic acids is 1. The smallest absolute Gasteiger partial charge is 0.277 e. The van der Waals surface area contributed by atoms with E-state index in [1.165, 1.54) is 11.3 Å². The molecule has 1 N–H and O–H groups in total. The first kappa shape index (κ1) is 19.1. The zero-order valence-electron chi connectivity index (χ0n) is 15.0. The van der Waals surface area contributed by atoms with Gasteiger partial charge in [0.05, 0.1) is 21.5 Å². The van der Waals surface area contributed by atoms with Crippen molar-refractivity contribution in [1.29, 1.82) is 0 Å². The number of thiazole rings is 1. The lowest BCUT2D eigenvalue weighted by Gasteiger charge is -2.06. The number of anilines is 1. The fraction of sp³-hybridized carbons (Fsp3) is 0. The minimum atomic E-state index is -0.786. The van der Waals surface area contributed by atoms with E-state index in [-0.39, 0.29) is 5.56 Å². The summed E-state index contributed by atoms with van der Waals surface area (Å²) < 4.78 is 0. The molecule has 30 heavy (non-hydrogen) atoms. The fourth-order valence-corrected chi connectivity index (χ4v) is 3.64. The number of aromatic nitrogens is 2. The molecule has 0 bridgehead atoms. The van der Waals surface area contributed by atoms with Gasteiger partial charge >= 0.3 is 0 Å². The molecule has 0 aliphatic heterocycles. The number of benzene rings is 2. The molecule has 11 heteroatoms. The standard InChI is InChI=1S/C19H11N5O5S/c25-17(12-8-14(23(26)27)10-15(9-12)24(28)29)21-13-5-3-11(4-6-13)18-22-16-2-1-7-20-19(16)30-18/h1-10H,(H,21,25). The number of hydrogen-bond donors (Lipinski definition) is 1. The van der Waals surface area contributed by atoms with Crippen LogP contribution >= 0.6 is 11.3 Å². The van der Waals surface area contributed by atoms with Crippen molar-refractivity contribution in [2.24, 2.45) is 0 Å². The highest BCUT2D eigenvalue weighted by molar-refractivity contribution is 7.21. The van der Waals surface area contributed by atoms with Crippen LogP contribution in [0.25, 0.3) is 20.9 Å². The molecule has 0 saturated heterocycles. The second kappa shape index (κ2) is 7.64. The van der Waals surface area contributed by atoms with Gasteiger partial charge in [0, 0.05) is 29.6 Å². The lowest BCUT2D eigenvalue weighted by molar-refractivity contribution is -0.394. The van der Waals surface area contributed by atoms with Crippen molar-refractivity contribution < 1.29 is 14.6 Å². The molecular weight excluding hydrogens is 410 g/mol. The summed E-state index contributed by atoms with van der Waals surface area (Å²) in [5, 5.41) is 25.3. The van der Waals surface area contributed by atoms with Gasteiger partial charge in [0.2, 0.25) is 0 Å². The van der Waals surface area contributed by atoms with Crippen LogP contribution < -0.4 is 5.32 Å². The van der Waals surface area contributed by atoms with Crippen LogP contribution in [0.1, 0.15) is 10.4 Å². The average Bonchev–Trinajstić information content (AvgIpc) is 3.18. The van der Waals surface area contributed by atoms with Gasteiger partial charge in [-0.2, -0.15) is 0 Å². The number of nitrogens with one attached hydrogen (secondary N) is 1. The molecule has 0 unspecified atom stereocenters. The molecule has 4 rings (SSSR count). The Kier molecular flexibility index (Phi) is 4.86. The van der Waals surface area contributed by atoms with Crippen LogP contribution in [0.15, 0.2) is 60.8 Å². The number of nitro benzene ring substituents is 2. The van der Waals surface area contributed by atoms with E-state index >= 15 is 0 Å². The van der Waals surface area contributed by atoms with E-state index in [1.807, 2.05) is 12.1 Å². The molecule has 0 saturated carbocycles. The predicted molar refractivity (Wildman–Crippen MR) is 111 cm³/mol. The summed E-state index contributed by atoms with van der Waals surface area (Å²) in [5.41, 5.74) is 0.807. The highest BCUT2D eigenvalue weighted by Gasteiger charge is 2.20. The lowest BCUT2D eigenvalue weighted by Crippen LogP contribution is -2.12. The Bertz CT molecular complexity index is 1240. The molecule has 0 aliphatic rings. The van der Waals surface area contributed by atoms with E-state index in [4.69, 9.17) is 0 Å². The van der Waals surface area contributed by atoms with Gasteiger partial charge in [-0.25, -0.2) is 9.97 Å². The minimum Gasteiger partial charge on any atom is -0.322 e. The third-order valence-corrected chi connectivity index (χ3v) is 5.17. The normalized spacial score (nSPS) is 10.7. The number of hydrogen-bond acceptors (Lipinski definition) is 8. The molecule has 2 heterocycles. The van der Waals surface area contributed by atoms with Gasteiger partial charge in [0.15, 0.2) is 0 Å². The van der Waals surface area contributed by atoms with Crippen molar-refractivity contribution in [2.45, 2.75) is 0 Å². The number of rotatable bonds is 5. The van der Waals surface area contributed by atoms with Crippen LogP contribution in [0.5, 0.6) is 0 Å². The lowest BCUT2D eigenvalue weighted by atomic mass is 10.1. The Morgan fingerprint density at radius 2 is 1.63 bits per heavy atom. The Hall–Kier alpha value is -4.25. The number of amides is 1. The van der Waals surface area contributed by atoms with Crippen molar-refractivity contribution in [1.82, 2.24) is 9.97 Å². The van der Waals surface area contributed by atoms with E-state index in [0.717, 1.165) is 39.1 Å². The number of nitro groups is 2. The second-order valence-electron chi connectivity index (χ2n) is 6.13. The minimum absolute atomic E-state index is 0.183. The van der Waals surface area contributed by atoms with Gasteiger partial charge < -0.3 is 5.32 Å². The highest BCUT2D eigenvalue weighted by atomic mass is 32.1. The third-order valence-electron chi connectivity index (χ3n) is 4.14. The summed E-state index contributed by atoms with van der Waals surface area (Å²) in [6.45, 7) is 0. The molecule has 10 nitrogen and oxygen atoms in total. The van der Waals surface area contributed by atoms with E-state index < -0.39 is 27.1 Å². The molecule has 148 valence electrons. The van der Waals surface area contributed by atoms with Crippen molar-refractivity contribution in [3.05, 3.63) is 86.6 Å². The Morgan fingerprint density at radius 3 is 2.23 bits per heavy atom. The third kappa shape index (κ3) is 3.82. The van der Waals surface area contributed by atoms with Crippen LogP contribution in [0.2, 0.25) is 0 Å². The zero-order valence-corrected chi connectivity index (χ0v) is 15.8. The molecule has 0 radical (unpaired) electrons. The first-order valence-corrected chi connectivity index (χ1v) is 9.29. The van der Waals surface area contributed by atoms with Gasteiger partial charge in [-0.05, 0) is 36.4 Å². The van der Waals surface area contributed by atoms with Crippen molar-refractivity contribution in [3.8, 4) is 10.6 Å². The molecule has 2 aromatic carbocycles. The summed E-state index contributed by atoms with van der Waals surface area (Å²) in [6.07, 6.45) is 1.70. The highest BCUT2D eigenvalue weighted by Crippen LogP contribution is 2.29. The molecule has 1 amide bonds. The topological polar surface area (TPSA) is 141 Å². The SMILES string of the molecule is O=C(Nc1ccc(-c2nc3cccnc3s2)cc1)c1cc([N+](=O)[O-])cc([N+](=O)[O-])c1. The largest absolute Gasteiger partial charge is 0.322 e. The van der Waals surface area contributed by atoms with E-state index in [9.17, 15) is 25.0 Å². The number of carbonyl (C=O) groups is 1. The molecule has 2 aromatic heterocycles. The molecule has 0 atom stereocenters. The maximum atomic E-state index is 12.5. The van der Waals surface area contributed by atoms with Gasteiger partial charge in [0.1, 0.15) is 15.4 Å². The van der Waals surface area contributed by atoms with Crippen molar-refractivity contribution in [3.63, 3.8) is 0 Å². The maximum Gasteiger partial charge on any atom is 0.277 e. The molecule has 0 spiro atoms. The predicted octanol–water partition coefficient (Wildman–Crippen LogP) is 4.43. The summed E-state index contributed by atoms with van der Waals surface area (Å²) in [4.78, 5) is 42.5. The van der Waals surface area contributed by atoms with Crippen molar-refractivity contribution >= 4 is 44.7 Å². The summed E-state index contributed by atoms with van der Waals surface area (Å²) >= 11 is 1.44. The van der Waals surface area contributed by atoms with Crippen LogP contribution in [0, 0.1) is 20.2 Å². The maximum absolute atomic E-state index is 12.5. The number of pyridine rings is 1. The summed E-state index contributed by atoms with van der Waals surface area (Å²) in [7, 11) is 0. The monoisotopic (exact) mass is 421 g/mol. The number of nitrogens with zero attached hydrogens (tertiary/aromatic N) is 4. The van der Waals surface area contributed by atoms with Crippen LogP contribution in [0.3, 0.4) is 0 Å². The number of fused-ring (bicyclic) bond motifs is 1. The summed E-state index contributed by atoms with van der Waals surface area (Å²) in [6, 6.07) is 13.3. The first-order chi connectivity index (χ1) is 14.4. The Balaban J connectivity index is 1.56. The fourth-order valence-electron chi connectivity index (χ4n) is 2.73. The molecule has 0 fully saturated rings. The number of non-ortho nitro benzene ring substituents is 2.